The van der Waals surface area contributed by atoms with Gasteiger partial charge in [-0.2, -0.15) is 0 Å². The number of nitrogens with two attached hydrogens (primary N) is 1. The minimum atomic E-state index is -0.573. The van der Waals surface area contributed by atoms with Gasteiger partial charge in [-0.05, 0) is 32.6 Å². The van der Waals surface area contributed by atoms with Gasteiger partial charge in [-0.15, -0.1) is 0 Å². The highest BCUT2D eigenvalue weighted by Gasteiger charge is 2.31. The molecule has 3 nitrogen and oxygen atoms in total. The minimum Gasteiger partial charge on any atom is -0.368 e. The Morgan fingerprint density at radius 3 is 2.43 bits per heavy atom. The molecule has 1 amide bonds. The normalized spacial score (nSPS) is 28.8. The molecule has 2 atom stereocenters. The number of carbonyl (C=O) groups is 1. The molecule has 82 valence electrons. The lowest BCUT2D eigenvalue weighted by molar-refractivity contribution is -0.123. The fourth-order valence-electron chi connectivity index (χ4n) is 2.07. The summed E-state index contributed by atoms with van der Waals surface area (Å²) in [7, 11) is 0. The Bertz CT molecular complexity index is 213. The van der Waals surface area contributed by atoms with Crippen LogP contribution in [0.1, 0.15) is 46.5 Å². The van der Waals surface area contributed by atoms with Gasteiger partial charge in [0.05, 0.1) is 5.54 Å². The first-order valence-electron chi connectivity index (χ1n) is 5.51. The number of nitrogens with one attached hydrogen (secondary N) is 1. The topological polar surface area (TPSA) is 55.1 Å². The van der Waals surface area contributed by atoms with Gasteiger partial charge < -0.3 is 11.1 Å². The van der Waals surface area contributed by atoms with Gasteiger partial charge in [0, 0.05) is 6.04 Å². The van der Waals surface area contributed by atoms with E-state index in [0.29, 0.717) is 12.0 Å². The molecule has 3 N–H and O–H groups in total. The van der Waals surface area contributed by atoms with E-state index < -0.39 is 5.54 Å². The summed E-state index contributed by atoms with van der Waals surface area (Å²) in [6, 6.07) is 0.450. The minimum absolute atomic E-state index is 0.268. The Labute approximate surface area is 86.4 Å². The monoisotopic (exact) mass is 198 g/mol. The Hall–Kier alpha value is -0.570. The van der Waals surface area contributed by atoms with E-state index in [0.717, 1.165) is 6.42 Å². The number of amides is 1. The van der Waals surface area contributed by atoms with Crippen LogP contribution in [0.25, 0.3) is 0 Å². The van der Waals surface area contributed by atoms with E-state index in [4.69, 9.17) is 5.73 Å². The molecule has 1 fully saturated rings. The van der Waals surface area contributed by atoms with E-state index in [1.807, 2.05) is 13.8 Å². The van der Waals surface area contributed by atoms with E-state index in [1.165, 1.54) is 19.3 Å². The van der Waals surface area contributed by atoms with Crippen LogP contribution in [0.2, 0.25) is 0 Å². The molecular weight excluding hydrogens is 176 g/mol. The maximum Gasteiger partial charge on any atom is 0.237 e. The zero-order valence-electron chi connectivity index (χ0n) is 9.47. The molecule has 0 aromatic heterocycles. The maximum absolute atomic E-state index is 11.2. The average Bonchev–Trinajstić information content (AvgIpc) is 2.08. The second kappa shape index (κ2) is 4.30. The van der Waals surface area contributed by atoms with Crippen LogP contribution >= 0.6 is 0 Å². The molecular formula is C11H22N2O. The third-order valence-electron chi connectivity index (χ3n) is 3.27. The summed E-state index contributed by atoms with van der Waals surface area (Å²) in [4.78, 5) is 11.2. The molecule has 2 unspecified atom stereocenters. The number of carbonyl (C=O) groups excluding carboxylic acids is 1. The predicted octanol–water partition coefficient (Wildman–Crippen LogP) is 1.42. The van der Waals surface area contributed by atoms with Gasteiger partial charge in [0.2, 0.25) is 5.91 Å². The van der Waals surface area contributed by atoms with Crippen molar-refractivity contribution in [1.29, 1.82) is 0 Å². The van der Waals surface area contributed by atoms with Crippen molar-refractivity contribution in [1.82, 2.24) is 5.32 Å². The Kier molecular flexibility index (Phi) is 3.53. The largest absolute Gasteiger partial charge is 0.368 e. The second-order valence-corrected chi connectivity index (χ2v) is 5.00. The van der Waals surface area contributed by atoms with Gasteiger partial charge in [-0.1, -0.05) is 19.8 Å². The lowest BCUT2D eigenvalue weighted by atomic mass is 9.84. The van der Waals surface area contributed by atoms with Crippen LogP contribution in [-0.4, -0.2) is 17.5 Å². The highest BCUT2D eigenvalue weighted by molar-refractivity contribution is 5.83. The van der Waals surface area contributed by atoms with E-state index in [2.05, 4.69) is 12.2 Å². The van der Waals surface area contributed by atoms with Crippen LogP contribution < -0.4 is 11.1 Å². The van der Waals surface area contributed by atoms with Crippen molar-refractivity contribution < 1.29 is 4.79 Å². The Morgan fingerprint density at radius 1 is 1.36 bits per heavy atom. The van der Waals surface area contributed by atoms with Crippen molar-refractivity contribution in [2.45, 2.75) is 58.0 Å². The van der Waals surface area contributed by atoms with Crippen LogP contribution in [0.5, 0.6) is 0 Å². The summed E-state index contributed by atoms with van der Waals surface area (Å²) in [5, 5.41) is 3.37. The molecule has 0 aromatic carbocycles. The van der Waals surface area contributed by atoms with Gasteiger partial charge >= 0.3 is 0 Å². The van der Waals surface area contributed by atoms with Crippen LogP contribution in [0, 0.1) is 5.92 Å². The number of hydrogen-bond donors (Lipinski definition) is 2. The van der Waals surface area contributed by atoms with Gasteiger partial charge in [0.25, 0.3) is 0 Å². The zero-order valence-corrected chi connectivity index (χ0v) is 9.47. The molecule has 0 heterocycles. The van der Waals surface area contributed by atoms with Crippen molar-refractivity contribution in [3.63, 3.8) is 0 Å². The SMILES string of the molecule is CC1CCCCC1NC(C)(C)C(N)=O. The molecule has 14 heavy (non-hydrogen) atoms. The number of primary amides is 1. The van der Waals surface area contributed by atoms with Gasteiger partial charge in [-0.3, -0.25) is 4.79 Å². The van der Waals surface area contributed by atoms with Gasteiger partial charge in [-0.25, -0.2) is 0 Å². The third-order valence-corrected chi connectivity index (χ3v) is 3.27. The predicted molar refractivity (Wildman–Crippen MR) is 57.8 cm³/mol. The van der Waals surface area contributed by atoms with Crippen LogP contribution in [0.4, 0.5) is 0 Å². The van der Waals surface area contributed by atoms with E-state index >= 15 is 0 Å². The molecule has 0 aromatic rings. The molecule has 1 saturated carbocycles. The highest BCUT2D eigenvalue weighted by Crippen LogP contribution is 2.25. The molecule has 1 aliphatic rings. The number of hydrogen-bond acceptors (Lipinski definition) is 2. The molecule has 0 aliphatic heterocycles. The van der Waals surface area contributed by atoms with Crippen molar-refractivity contribution in [2.24, 2.45) is 11.7 Å². The summed E-state index contributed by atoms with van der Waals surface area (Å²) in [6.45, 7) is 5.96. The first-order valence-corrected chi connectivity index (χ1v) is 5.51. The van der Waals surface area contributed by atoms with Crippen molar-refractivity contribution in [3.05, 3.63) is 0 Å². The van der Waals surface area contributed by atoms with Crippen LogP contribution in [0.3, 0.4) is 0 Å². The first kappa shape index (κ1) is 11.5. The maximum atomic E-state index is 11.2. The second-order valence-electron chi connectivity index (χ2n) is 5.00. The summed E-state index contributed by atoms with van der Waals surface area (Å²) >= 11 is 0. The lowest BCUT2D eigenvalue weighted by Crippen LogP contribution is -2.56. The lowest BCUT2D eigenvalue weighted by Gasteiger charge is -2.35. The van der Waals surface area contributed by atoms with Gasteiger partial charge in [0.1, 0.15) is 0 Å². The van der Waals surface area contributed by atoms with Crippen molar-refractivity contribution in [3.8, 4) is 0 Å². The zero-order chi connectivity index (χ0) is 10.8. The van der Waals surface area contributed by atoms with E-state index in [-0.39, 0.29) is 5.91 Å². The molecule has 1 aliphatic carbocycles. The van der Waals surface area contributed by atoms with E-state index in [1.54, 1.807) is 0 Å². The van der Waals surface area contributed by atoms with Crippen LogP contribution in [-0.2, 0) is 4.79 Å². The summed E-state index contributed by atoms with van der Waals surface area (Å²) in [6.07, 6.45) is 5.00. The fraction of sp³-hybridized carbons (Fsp3) is 0.909. The first-order chi connectivity index (χ1) is 6.43. The molecule has 3 heteroatoms. The molecule has 0 bridgehead atoms. The third kappa shape index (κ3) is 2.71. The Morgan fingerprint density at radius 2 is 1.93 bits per heavy atom. The van der Waals surface area contributed by atoms with E-state index in [9.17, 15) is 4.79 Å². The van der Waals surface area contributed by atoms with Crippen molar-refractivity contribution in [2.75, 3.05) is 0 Å². The Balaban J connectivity index is 2.53. The molecule has 1 rings (SSSR count). The quantitative estimate of drug-likeness (QED) is 0.720. The standard InChI is InChI=1S/C11H22N2O/c1-8-6-4-5-7-9(8)13-11(2,3)10(12)14/h8-9,13H,4-7H2,1-3H3,(H2,12,14). The molecule has 0 saturated heterocycles. The average molecular weight is 198 g/mol. The van der Waals surface area contributed by atoms with Gasteiger partial charge in [0.15, 0.2) is 0 Å². The molecule has 0 spiro atoms. The molecule has 0 radical (unpaired) electrons. The summed E-state index contributed by atoms with van der Waals surface area (Å²) < 4.78 is 0. The van der Waals surface area contributed by atoms with Crippen LogP contribution in [0.15, 0.2) is 0 Å². The highest BCUT2D eigenvalue weighted by atomic mass is 16.1. The summed E-state index contributed by atoms with van der Waals surface area (Å²) in [5.41, 5.74) is 4.76. The summed E-state index contributed by atoms with van der Waals surface area (Å²) in [5.74, 6) is 0.387. The fourth-order valence-corrected chi connectivity index (χ4v) is 2.07. The smallest absolute Gasteiger partial charge is 0.237 e. The van der Waals surface area contributed by atoms with Crippen molar-refractivity contribution >= 4 is 5.91 Å². The number of rotatable bonds is 3.